The lowest BCUT2D eigenvalue weighted by atomic mass is 10.1. The third-order valence-corrected chi connectivity index (χ3v) is 4.52. The molecule has 0 bridgehead atoms. The zero-order chi connectivity index (χ0) is 16.9. The second-order valence-electron chi connectivity index (χ2n) is 6.35. The molecule has 0 aliphatic carbocycles. The highest BCUT2D eigenvalue weighted by molar-refractivity contribution is 6.00. The number of ether oxygens (including phenoxy) is 1. The Morgan fingerprint density at radius 1 is 1.46 bits per heavy atom. The molecule has 1 aliphatic heterocycles. The van der Waals surface area contributed by atoms with Crippen molar-refractivity contribution in [1.82, 2.24) is 25.6 Å². The molecule has 1 amide bonds. The van der Waals surface area contributed by atoms with Gasteiger partial charge in [0.1, 0.15) is 11.3 Å². The number of hydrogen-bond donors (Lipinski definition) is 2. The van der Waals surface area contributed by atoms with Crippen molar-refractivity contribution in [2.75, 3.05) is 26.7 Å². The number of nitrogens with zero attached hydrogens (tertiary/aromatic N) is 3. The molecule has 130 valence electrons. The minimum Gasteiger partial charge on any atom is -0.496 e. The average Bonchev–Trinajstić information content (AvgIpc) is 2.93. The molecule has 1 atom stereocenters. The summed E-state index contributed by atoms with van der Waals surface area (Å²) < 4.78 is 5.36. The number of likely N-dealkylation sites (tertiary alicyclic amines) is 1. The van der Waals surface area contributed by atoms with Crippen molar-refractivity contribution in [2.45, 2.75) is 38.6 Å². The molecule has 1 unspecified atom stereocenters. The van der Waals surface area contributed by atoms with Gasteiger partial charge >= 0.3 is 0 Å². The number of carbonyl (C=O) groups excluding carboxylic acids is 1. The van der Waals surface area contributed by atoms with Gasteiger partial charge in [-0.15, -0.1) is 5.10 Å². The average molecular weight is 331 g/mol. The van der Waals surface area contributed by atoms with Crippen LogP contribution in [-0.2, 0) is 0 Å². The zero-order valence-corrected chi connectivity index (χ0v) is 14.3. The molecule has 0 spiro atoms. The number of aromatic amines is 1. The Balaban J connectivity index is 1.76. The van der Waals surface area contributed by atoms with Crippen molar-refractivity contribution in [3.8, 4) is 5.75 Å². The molecular formula is C17H25N5O2. The van der Waals surface area contributed by atoms with Gasteiger partial charge in [0.25, 0.3) is 5.91 Å². The lowest BCUT2D eigenvalue weighted by Gasteiger charge is -2.24. The summed E-state index contributed by atoms with van der Waals surface area (Å²) in [4.78, 5) is 15.2. The molecule has 7 heteroatoms. The monoisotopic (exact) mass is 331 g/mol. The van der Waals surface area contributed by atoms with Gasteiger partial charge in [-0.05, 0) is 38.4 Å². The highest BCUT2D eigenvalue weighted by atomic mass is 16.5. The Morgan fingerprint density at radius 2 is 2.33 bits per heavy atom. The topological polar surface area (TPSA) is 83.1 Å². The molecular weight excluding hydrogens is 306 g/mol. The molecule has 1 aromatic heterocycles. The standard InChI is InChI=1S/C17H25N5O2/c1-3-7-22-8-5-4-6-12(11-22)18-17(23)13-9-14-15(20-21-19-14)10-16(13)24-2/h9-10,12H,3-8,11H2,1-2H3,(H,18,23)(H,19,20,21). The first-order valence-electron chi connectivity index (χ1n) is 8.63. The number of hydrogen-bond acceptors (Lipinski definition) is 5. The van der Waals surface area contributed by atoms with E-state index in [0.717, 1.165) is 44.4 Å². The lowest BCUT2D eigenvalue weighted by molar-refractivity contribution is 0.0923. The summed E-state index contributed by atoms with van der Waals surface area (Å²) in [5, 5.41) is 13.7. The fourth-order valence-electron chi connectivity index (χ4n) is 3.34. The van der Waals surface area contributed by atoms with Crippen LogP contribution in [0.2, 0.25) is 0 Å². The van der Waals surface area contributed by atoms with Gasteiger partial charge in [-0.2, -0.15) is 0 Å². The molecule has 2 N–H and O–H groups in total. The molecule has 1 aromatic carbocycles. The number of aromatic nitrogens is 3. The van der Waals surface area contributed by atoms with Gasteiger partial charge in [0.05, 0.1) is 18.2 Å². The second kappa shape index (κ2) is 7.61. The SMILES string of the molecule is CCCN1CCCCC(NC(=O)c2cc3[nH]nnc3cc2OC)C1. The highest BCUT2D eigenvalue weighted by Gasteiger charge is 2.22. The third kappa shape index (κ3) is 3.67. The van der Waals surface area contributed by atoms with E-state index in [1.54, 1.807) is 19.2 Å². The minimum absolute atomic E-state index is 0.105. The number of carbonyl (C=O) groups is 1. The Hall–Kier alpha value is -2.15. The zero-order valence-electron chi connectivity index (χ0n) is 14.3. The molecule has 1 saturated heterocycles. The van der Waals surface area contributed by atoms with E-state index < -0.39 is 0 Å². The number of fused-ring (bicyclic) bond motifs is 1. The van der Waals surface area contributed by atoms with E-state index >= 15 is 0 Å². The van der Waals surface area contributed by atoms with E-state index in [0.29, 0.717) is 16.8 Å². The summed E-state index contributed by atoms with van der Waals surface area (Å²) in [5.74, 6) is 0.416. The fraction of sp³-hybridized carbons (Fsp3) is 0.588. The number of nitrogens with one attached hydrogen (secondary N) is 2. The summed E-state index contributed by atoms with van der Waals surface area (Å²) in [6, 6.07) is 3.67. The van der Waals surface area contributed by atoms with Crippen LogP contribution in [0.4, 0.5) is 0 Å². The number of methoxy groups -OCH3 is 1. The fourth-order valence-corrected chi connectivity index (χ4v) is 3.34. The van der Waals surface area contributed by atoms with Crippen LogP contribution in [0.1, 0.15) is 43.0 Å². The maximum Gasteiger partial charge on any atom is 0.255 e. The molecule has 24 heavy (non-hydrogen) atoms. The minimum atomic E-state index is -0.105. The van der Waals surface area contributed by atoms with Crippen molar-refractivity contribution in [1.29, 1.82) is 0 Å². The predicted octanol–water partition coefficient (Wildman–Crippen LogP) is 1.96. The van der Waals surface area contributed by atoms with Crippen LogP contribution in [0.5, 0.6) is 5.75 Å². The molecule has 3 rings (SSSR count). The van der Waals surface area contributed by atoms with Crippen LogP contribution in [-0.4, -0.2) is 59.0 Å². The van der Waals surface area contributed by atoms with Crippen molar-refractivity contribution < 1.29 is 9.53 Å². The Kier molecular flexibility index (Phi) is 5.30. The number of amides is 1. The summed E-state index contributed by atoms with van der Waals surface area (Å²) in [7, 11) is 1.56. The molecule has 7 nitrogen and oxygen atoms in total. The molecule has 0 radical (unpaired) electrons. The van der Waals surface area contributed by atoms with Gasteiger partial charge in [-0.25, -0.2) is 0 Å². The van der Waals surface area contributed by atoms with Gasteiger partial charge in [0, 0.05) is 18.7 Å². The van der Waals surface area contributed by atoms with Crippen LogP contribution >= 0.6 is 0 Å². The van der Waals surface area contributed by atoms with Crippen LogP contribution in [0.15, 0.2) is 12.1 Å². The van der Waals surface area contributed by atoms with Gasteiger partial charge in [-0.1, -0.05) is 18.6 Å². The first-order chi connectivity index (χ1) is 11.7. The van der Waals surface area contributed by atoms with Gasteiger partial charge < -0.3 is 15.0 Å². The number of H-pyrrole nitrogens is 1. The number of benzene rings is 1. The molecule has 0 saturated carbocycles. The van der Waals surface area contributed by atoms with E-state index in [4.69, 9.17) is 4.74 Å². The van der Waals surface area contributed by atoms with Crippen LogP contribution in [0.25, 0.3) is 11.0 Å². The lowest BCUT2D eigenvalue weighted by Crippen LogP contribution is -2.42. The van der Waals surface area contributed by atoms with Gasteiger partial charge in [-0.3, -0.25) is 9.89 Å². The smallest absolute Gasteiger partial charge is 0.255 e. The van der Waals surface area contributed by atoms with Gasteiger partial charge in [0.15, 0.2) is 0 Å². The van der Waals surface area contributed by atoms with E-state index in [1.165, 1.54) is 6.42 Å². The summed E-state index contributed by atoms with van der Waals surface area (Å²) in [6.07, 6.45) is 4.49. The normalized spacial score (nSPS) is 19.2. The second-order valence-corrected chi connectivity index (χ2v) is 6.35. The molecule has 1 fully saturated rings. The first-order valence-corrected chi connectivity index (χ1v) is 8.63. The Labute approximate surface area is 141 Å². The van der Waals surface area contributed by atoms with Gasteiger partial charge in [0.2, 0.25) is 0 Å². The Bertz CT molecular complexity index is 699. The summed E-state index contributed by atoms with van der Waals surface area (Å²) in [5.41, 5.74) is 1.93. The number of rotatable bonds is 5. The highest BCUT2D eigenvalue weighted by Crippen LogP contribution is 2.24. The maximum atomic E-state index is 12.8. The maximum absolute atomic E-state index is 12.8. The van der Waals surface area contributed by atoms with Crippen molar-refractivity contribution in [2.24, 2.45) is 0 Å². The van der Waals surface area contributed by atoms with Crippen LogP contribution < -0.4 is 10.1 Å². The first kappa shape index (κ1) is 16.7. The summed E-state index contributed by atoms with van der Waals surface area (Å²) >= 11 is 0. The largest absolute Gasteiger partial charge is 0.496 e. The molecule has 1 aliphatic rings. The van der Waals surface area contributed by atoms with Crippen molar-refractivity contribution in [3.05, 3.63) is 17.7 Å². The van der Waals surface area contributed by atoms with Crippen LogP contribution in [0, 0.1) is 0 Å². The quantitative estimate of drug-likeness (QED) is 0.875. The van der Waals surface area contributed by atoms with E-state index in [9.17, 15) is 4.79 Å². The van der Waals surface area contributed by atoms with E-state index in [-0.39, 0.29) is 11.9 Å². The van der Waals surface area contributed by atoms with Crippen molar-refractivity contribution >= 4 is 16.9 Å². The molecule has 2 aromatic rings. The summed E-state index contributed by atoms with van der Waals surface area (Å²) in [6.45, 7) is 5.31. The third-order valence-electron chi connectivity index (χ3n) is 4.52. The van der Waals surface area contributed by atoms with Crippen molar-refractivity contribution in [3.63, 3.8) is 0 Å². The van der Waals surface area contributed by atoms with E-state index in [1.807, 2.05) is 0 Å². The predicted molar refractivity (Wildman–Crippen MR) is 92.3 cm³/mol. The van der Waals surface area contributed by atoms with Crippen LogP contribution in [0.3, 0.4) is 0 Å². The van der Waals surface area contributed by atoms with E-state index in [2.05, 4.69) is 32.6 Å². The Morgan fingerprint density at radius 3 is 3.12 bits per heavy atom. The molecule has 2 heterocycles.